The van der Waals surface area contributed by atoms with Crippen molar-refractivity contribution in [2.75, 3.05) is 11.9 Å². The highest BCUT2D eigenvalue weighted by atomic mass is 16.5. The van der Waals surface area contributed by atoms with E-state index in [4.69, 9.17) is 8.94 Å². The quantitative estimate of drug-likeness (QED) is 0.774. The van der Waals surface area contributed by atoms with Crippen molar-refractivity contribution < 1.29 is 13.7 Å². The molecule has 0 bridgehead atoms. The minimum absolute atomic E-state index is 0.0114. The van der Waals surface area contributed by atoms with E-state index in [1.165, 1.54) is 0 Å². The smallest absolute Gasteiger partial charge is 0.323 e. The molecule has 0 radical (unpaired) electrons. The largest absolute Gasteiger partial charge is 0.467 e. The first-order chi connectivity index (χ1) is 12.6. The van der Waals surface area contributed by atoms with Crippen LogP contribution in [0.15, 0.2) is 39.6 Å². The van der Waals surface area contributed by atoms with Crippen LogP contribution in [0.4, 0.5) is 10.6 Å². The number of nitrogens with one attached hydrogen (secondary N) is 1. The van der Waals surface area contributed by atoms with Gasteiger partial charge < -0.3 is 13.8 Å². The van der Waals surface area contributed by atoms with Crippen LogP contribution in [0.1, 0.15) is 41.7 Å². The standard InChI is InChI=1S/C18H21N5O3/c1-12-17(13(2)26-21-12)15-6-3-9-22(15)18(24)20-16-7-8-19-23(16)11-14-5-4-10-25-14/h4-5,7-8,10,15H,3,6,9,11H2,1-2H3,(H,20,24)/t15-/m1/s1. The number of nitrogens with zero attached hydrogens (tertiary/aromatic N) is 4. The van der Waals surface area contributed by atoms with Crippen LogP contribution < -0.4 is 5.32 Å². The predicted octanol–water partition coefficient (Wildman–Crippen LogP) is 3.50. The fraction of sp³-hybridized carbons (Fsp3) is 0.389. The van der Waals surface area contributed by atoms with Crippen LogP contribution in [0, 0.1) is 13.8 Å². The fourth-order valence-corrected chi connectivity index (χ4v) is 3.57. The van der Waals surface area contributed by atoms with Crippen LogP contribution in [0.25, 0.3) is 0 Å². The number of carbonyl (C=O) groups excluding carboxylic acids is 1. The molecule has 0 unspecified atom stereocenters. The first-order valence-corrected chi connectivity index (χ1v) is 8.68. The summed E-state index contributed by atoms with van der Waals surface area (Å²) < 4.78 is 12.4. The predicted molar refractivity (Wildman–Crippen MR) is 93.7 cm³/mol. The van der Waals surface area contributed by atoms with Crippen LogP contribution >= 0.6 is 0 Å². The molecular formula is C18H21N5O3. The Hall–Kier alpha value is -3.03. The normalized spacial score (nSPS) is 17.0. The van der Waals surface area contributed by atoms with Crippen LogP contribution in [-0.4, -0.2) is 32.4 Å². The lowest BCUT2D eigenvalue weighted by Crippen LogP contribution is -2.35. The van der Waals surface area contributed by atoms with Crippen molar-refractivity contribution in [2.24, 2.45) is 0 Å². The number of anilines is 1. The molecule has 1 N–H and O–H groups in total. The summed E-state index contributed by atoms with van der Waals surface area (Å²) in [5.41, 5.74) is 1.86. The molecule has 4 heterocycles. The molecule has 8 nitrogen and oxygen atoms in total. The summed E-state index contributed by atoms with van der Waals surface area (Å²) in [5, 5.41) is 11.3. The molecule has 3 aromatic rings. The Balaban J connectivity index is 1.51. The maximum atomic E-state index is 12.9. The fourth-order valence-electron chi connectivity index (χ4n) is 3.57. The van der Waals surface area contributed by atoms with Gasteiger partial charge in [-0.05, 0) is 38.8 Å². The van der Waals surface area contributed by atoms with E-state index in [2.05, 4.69) is 15.6 Å². The number of urea groups is 1. The molecular weight excluding hydrogens is 334 g/mol. The first kappa shape index (κ1) is 16.4. The van der Waals surface area contributed by atoms with Gasteiger partial charge in [0.2, 0.25) is 0 Å². The summed E-state index contributed by atoms with van der Waals surface area (Å²) in [6.45, 7) is 4.97. The van der Waals surface area contributed by atoms with Gasteiger partial charge in [-0.15, -0.1) is 0 Å². The zero-order chi connectivity index (χ0) is 18.1. The highest BCUT2D eigenvalue weighted by molar-refractivity contribution is 5.89. The van der Waals surface area contributed by atoms with Crippen molar-refractivity contribution in [1.82, 2.24) is 19.8 Å². The van der Waals surface area contributed by atoms with Gasteiger partial charge in [0.05, 0.1) is 24.2 Å². The Labute approximate surface area is 150 Å². The molecule has 0 aliphatic carbocycles. The Morgan fingerprint density at radius 2 is 2.27 bits per heavy atom. The number of hydrogen-bond donors (Lipinski definition) is 1. The van der Waals surface area contributed by atoms with E-state index in [0.717, 1.165) is 35.6 Å². The summed E-state index contributed by atoms with van der Waals surface area (Å²) in [4.78, 5) is 14.7. The highest BCUT2D eigenvalue weighted by Crippen LogP contribution is 2.35. The van der Waals surface area contributed by atoms with Gasteiger partial charge in [0.1, 0.15) is 23.9 Å². The Morgan fingerprint density at radius 1 is 1.38 bits per heavy atom. The molecule has 26 heavy (non-hydrogen) atoms. The van der Waals surface area contributed by atoms with Gasteiger partial charge in [0, 0.05) is 18.2 Å². The number of amides is 2. The maximum Gasteiger partial charge on any atom is 0.323 e. The van der Waals surface area contributed by atoms with E-state index in [9.17, 15) is 4.79 Å². The average molecular weight is 355 g/mol. The number of hydrogen-bond acceptors (Lipinski definition) is 5. The van der Waals surface area contributed by atoms with E-state index < -0.39 is 0 Å². The van der Waals surface area contributed by atoms with E-state index in [-0.39, 0.29) is 12.1 Å². The Kier molecular flexibility index (Phi) is 4.24. The third-order valence-electron chi connectivity index (χ3n) is 4.77. The van der Waals surface area contributed by atoms with Crippen molar-refractivity contribution in [2.45, 2.75) is 39.3 Å². The first-order valence-electron chi connectivity index (χ1n) is 8.68. The number of likely N-dealkylation sites (tertiary alicyclic amines) is 1. The van der Waals surface area contributed by atoms with Crippen molar-refractivity contribution in [1.29, 1.82) is 0 Å². The molecule has 1 aliphatic heterocycles. The third-order valence-corrected chi connectivity index (χ3v) is 4.77. The molecule has 2 amide bonds. The summed E-state index contributed by atoms with van der Waals surface area (Å²) in [6, 6.07) is 5.33. The summed E-state index contributed by atoms with van der Waals surface area (Å²) in [7, 11) is 0. The lowest BCUT2D eigenvalue weighted by Gasteiger charge is -2.25. The second-order valence-electron chi connectivity index (χ2n) is 6.47. The van der Waals surface area contributed by atoms with Crippen molar-refractivity contribution >= 4 is 11.8 Å². The van der Waals surface area contributed by atoms with E-state index in [0.29, 0.717) is 18.9 Å². The molecule has 136 valence electrons. The van der Waals surface area contributed by atoms with E-state index in [1.807, 2.05) is 30.9 Å². The minimum atomic E-state index is -0.145. The second-order valence-corrected chi connectivity index (χ2v) is 6.47. The van der Waals surface area contributed by atoms with Gasteiger partial charge in [-0.3, -0.25) is 5.32 Å². The van der Waals surface area contributed by atoms with Crippen molar-refractivity contribution in [3.05, 3.63) is 53.4 Å². The highest BCUT2D eigenvalue weighted by Gasteiger charge is 2.34. The molecule has 1 aliphatic rings. The molecule has 4 rings (SSSR count). The summed E-state index contributed by atoms with van der Waals surface area (Å²) >= 11 is 0. The van der Waals surface area contributed by atoms with E-state index in [1.54, 1.807) is 23.2 Å². The lowest BCUT2D eigenvalue weighted by atomic mass is 10.0. The molecule has 1 fully saturated rings. The van der Waals surface area contributed by atoms with Crippen molar-refractivity contribution in [3.63, 3.8) is 0 Å². The molecule has 0 spiro atoms. The minimum Gasteiger partial charge on any atom is -0.467 e. The van der Waals surface area contributed by atoms with Crippen molar-refractivity contribution in [3.8, 4) is 0 Å². The van der Waals surface area contributed by atoms with Crippen LogP contribution in [0.2, 0.25) is 0 Å². The van der Waals surface area contributed by atoms with E-state index >= 15 is 0 Å². The van der Waals surface area contributed by atoms with Gasteiger partial charge in [0.25, 0.3) is 0 Å². The number of aromatic nitrogens is 3. The Bertz CT molecular complexity index is 876. The third kappa shape index (κ3) is 2.98. The zero-order valence-electron chi connectivity index (χ0n) is 14.8. The molecule has 0 aromatic carbocycles. The number of furan rings is 1. The second kappa shape index (κ2) is 6.70. The van der Waals surface area contributed by atoms with Gasteiger partial charge in [-0.1, -0.05) is 5.16 Å². The average Bonchev–Trinajstić information content (AvgIpc) is 3.38. The maximum absolute atomic E-state index is 12.9. The van der Waals surface area contributed by atoms with Gasteiger partial charge in [0.15, 0.2) is 0 Å². The Morgan fingerprint density at radius 3 is 3.00 bits per heavy atom. The molecule has 1 atom stereocenters. The monoisotopic (exact) mass is 355 g/mol. The zero-order valence-corrected chi connectivity index (χ0v) is 14.8. The summed E-state index contributed by atoms with van der Waals surface area (Å²) in [6.07, 6.45) is 5.14. The van der Waals surface area contributed by atoms with Crippen LogP contribution in [0.5, 0.6) is 0 Å². The molecule has 8 heteroatoms. The molecule has 0 saturated carbocycles. The number of aryl methyl sites for hydroxylation is 2. The SMILES string of the molecule is Cc1noc(C)c1[C@H]1CCCN1C(=O)Nc1ccnn1Cc1ccco1. The van der Waals surface area contributed by atoms with Crippen LogP contribution in [-0.2, 0) is 6.54 Å². The molecule has 1 saturated heterocycles. The van der Waals surface area contributed by atoms with Crippen LogP contribution in [0.3, 0.4) is 0 Å². The number of rotatable bonds is 4. The summed E-state index contributed by atoms with van der Waals surface area (Å²) in [5.74, 6) is 2.19. The topological polar surface area (TPSA) is 89.3 Å². The van der Waals surface area contributed by atoms with Gasteiger partial charge >= 0.3 is 6.03 Å². The lowest BCUT2D eigenvalue weighted by molar-refractivity contribution is 0.206. The van der Waals surface area contributed by atoms with Gasteiger partial charge in [-0.2, -0.15) is 5.10 Å². The number of carbonyl (C=O) groups is 1. The molecule has 3 aromatic heterocycles. The van der Waals surface area contributed by atoms with Gasteiger partial charge in [-0.25, -0.2) is 9.48 Å².